The van der Waals surface area contributed by atoms with Gasteiger partial charge in [0.25, 0.3) is 0 Å². The molecule has 1 unspecified atom stereocenters. The normalized spacial score (nSPS) is 20.9. The number of amides is 4. The molecule has 3 fully saturated rings. The summed E-state index contributed by atoms with van der Waals surface area (Å²) in [4.78, 5) is 134. The number of carboxylic acid groups (broad SMARTS) is 4. The molecule has 3 rings (SSSR count). The lowest BCUT2D eigenvalue weighted by molar-refractivity contribution is -0.148. The Morgan fingerprint density at radius 3 is 1.64 bits per heavy atom. The molecule has 4 amide bonds. The summed E-state index contributed by atoms with van der Waals surface area (Å²) in [5, 5.41) is 46.2. The van der Waals surface area contributed by atoms with Gasteiger partial charge in [-0.05, 0) is 39.2 Å². The van der Waals surface area contributed by atoms with Crippen molar-refractivity contribution in [2.45, 2.75) is 70.5 Å². The Hall–Kier alpha value is -5.44. The molecule has 0 aliphatic carbocycles. The van der Waals surface area contributed by atoms with Crippen LogP contribution in [0.5, 0.6) is 0 Å². The van der Waals surface area contributed by atoms with Crippen molar-refractivity contribution >= 4 is 66.6 Å². The Balaban J connectivity index is 1.59. The molecule has 0 aromatic carbocycles. The molecule has 0 aromatic rings. The van der Waals surface area contributed by atoms with Crippen LogP contribution < -0.4 is 16.0 Å². The van der Waals surface area contributed by atoms with Crippen molar-refractivity contribution in [3.8, 4) is 0 Å². The zero-order valence-corrected chi connectivity index (χ0v) is 36.8. The molecule has 3 aliphatic heterocycles. The van der Waals surface area contributed by atoms with Gasteiger partial charge in [-0.1, -0.05) is 13.8 Å². The van der Waals surface area contributed by atoms with E-state index in [1.807, 2.05) is 0 Å². The Bertz CT molecular complexity index is 1660. The van der Waals surface area contributed by atoms with Crippen LogP contribution in [0.15, 0.2) is 0 Å². The fourth-order valence-electron chi connectivity index (χ4n) is 7.64. The molecule has 0 spiro atoms. The van der Waals surface area contributed by atoms with Gasteiger partial charge >= 0.3 is 42.9 Å². The number of carboxylic acids is 4. The average molecular weight is 912 g/mol. The van der Waals surface area contributed by atoms with Crippen molar-refractivity contribution in [2.24, 2.45) is 5.92 Å². The summed E-state index contributed by atoms with van der Waals surface area (Å²) < 4.78 is 10.8. The van der Waals surface area contributed by atoms with Crippen LogP contribution >= 0.6 is 0 Å². The lowest BCUT2D eigenvalue weighted by atomic mass is 9.76. The summed E-state index contributed by atoms with van der Waals surface area (Å²) in [6.07, 6.45) is 0.297. The highest BCUT2D eigenvalue weighted by Crippen LogP contribution is 2.23. The smallest absolute Gasteiger partial charge is 0.497 e. The van der Waals surface area contributed by atoms with Crippen molar-refractivity contribution in [2.75, 3.05) is 105 Å². The summed E-state index contributed by atoms with van der Waals surface area (Å²) in [6.45, 7) is 3.66. The maximum atomic E-state index is 13.6. The highest BCUT2D eigenvalue weighted by Gasteiger charge is 2.47. The lowest BCUT2D eigenvalue weighted by Crippen LogP contribution is -2.58. The molecule has 4 atom stereocenters. The second kappa shape index (κ2) is 25.8. The van der Waals surface area contributed by atoms with E-state index < -0.39 is 116 Å². The number of likely N-dealkylation sites (tertiary alicyclic amines) is 1. The molecule has 26 heteroatoms. The standard InChI is InChI=1S/C38H62BN9O16/c1-24(2)35(36(59)41-25(3)37(60)48-9-5-6-27(48)39-63-33(57)22-43(4)23-34(58)64-39)42-29(50)18-40-28(49)8-7-26(38(61)62)47-16-14-45(20-31(53)54)12-10-44(19-30(51)52)11-13-46(15-17-47)21-32(55)56/h24-27,35H,5-23H2,1-4H3,(H,40,49)(H,41,59)(H,42,50)(H,51,52)(H,53,54)(H,55,56)(H,61,62)/t25-,26-,27?,35+/m1/s1. The molecular weight excluding hydrogens is 849 g/mol. The van der Waals surface area contributed by atoms with Crippen LogP contribution in [-0.2, 0) is 57.3 Å². The van der Waals surface area contributed by atoms with Gasteiger partial charge in [0.05, 0.1) is 45.2 Å². The van der Waals surface area contributed by atoms with Crippen molar-refractivity contribution in [3.05, 3.63) is 0 Å². The highest BCUT2D eigenvalue weighted by atomic mass is 16.6. The molecule has 7 N–H and O–H groups in total. The number of hydrogen-bond donors (Lipinski definition) is 7. The number of rotatable bonds is 19. The van der Waals surface area contributed by atoms with Crippen molar-refractivity contribution in [3.63, 3.8) is 0 Å². The number of hydrogen-bond acceptors (Lipinski definition) is 17. The fourth-order valence-corrected chi connectivity index (χ4v) is 7.64. The van der Waals surface area contributed by atoms with Gasteiger partial charge in [0.2, 0.25) is 23.6 Å². The van der Waals surface area contributed by atoms with E-state index in [4.69, 9.17) is 9.31 Å². The van der Waals surface area contributed by atoms with E-state index in [0.717, 1.165) is 0 Å². The number of nitrogens with one attached hydrogen (secondary N) is 3. The predicted octanol–water partition coefficient (Wildman–Crippen LogP) is -4.49. The van der Waals surface area contributed by atoms with E-state index in [9.17, 15) is 68.4 Å². The molecule has 3 saturated heterocycles. The van der Waals surface area contributed by atoms with E-state index >= 15 is 0 Å². The Morgan fingerprint density at radius 2 is 1.19 bits per heavy atom. The second-order valence-corrected chi connectivity index (χ2v) is 16.5. The molecule has 0 saturated carbocycles. The molecule has 3 aliphatic rings. The largest absolute Gasteiger partial charge is 0.622 e. The quantitative estimate of drug-likeness (QED) is 0.0601. The molecular formula is C38H62BN9O16. The fraction of sp³-hybridized carbons (Fsp3) is 0.737. The summed E-state index contributed by atoms with van der Waals surface area (Å²) >= 11 is 0. The minimum absolute atomic E-state index is 0.0129. The van der Waals surface area contributed by atoms with Gasteiger partial charge in [-0.2, -0.15) is 0 Å². The van der Waals surface area contributed by atoms with Crippen molar-refractivity contribution in [1.29, 1.82) is 0 Å². The SMILES string of the molecule is CC(C)[C@H](NC(=O)CNC(=O)CC[C@H](C(=O)O)N1CCN(CC(=O)O)CCN(CC(=O)O)CCN(CC(=O)O)CC1)C(=O)N[C@H](C)C(=O)N1CCCC1B1OC(=O)CN(C)CC(=O)O1. The van der Waals surface area contributed by atoms with Crippen LogP contribution in [0.3, 0.4) is 0 Å². The third-order valence-corrected chi connectivity index (χ3v) is 10.9. The van der Waals surface area contributed by atoms with Gasteiger partial charge < -0.3 is 50.6 Å². The first kappa shape index (κ1) is 52.9. The van der Waals surface area contributed by atoms with Gasteiger partial charge in [-0.3, -0.25) is 72.4 Å². The van der Waals surface area contributed by atoms with E-state index in [1.165, 1.54) is 31.4 Å². The molecule has 358 valence electrons. The number of nitrogens with zero attached hydrogens (tertiary/aromatic N) is 6. The van der Waals surface area contributed by atoms with Crippen LogP contribution in [-0.4, -0.2) is 246 Å². The maximum Gasteiger partial charge on any atom is 0.622 e. The van der Waals surface area contributed by atoms with Gasteiger partial charge in [-0.15, -0.1) is 0 Å². The van der Waals surface area contributed by atoms with Crippen LogP contribution in [0.25, 0.3) is 0 Å². The minimum Gasteiger partial charge on any atom is -0.497 e. The Morgan fingerprint density at radius 1 is 0.703 bits per heavy atom. The number of carbonyl (C=O) groups excluding carboxylic acids is 6. The Kier molecular flexibility index (Phi) is 21.3. The second-order valence-electron chi connectivity index (χ2n) is 16.5. The zero-order valence-electron chi connectivity index (χ0n) is 36.8. The van der Waals surface area contributed by atoms with Crippen molar-refractivity contribution < 1.29 is 77.7 Å². The minimum atomic E-state index is -1.33. The molecule has 0 bridgehead atoms. The Labute approximate surface area is 370 Å². The predicted molar refractivity (Wildman–Crippen MR) is 222 cm³/mol. The van der Waals surface area contributed by atoms with E-state index in [-0.39, 0.29) is 91.4 Å². The topological polar surface area (TPSA) is 326 Å². The van der Waals surface area contributed by atoms with Crippen LogP contribution in [0.1, 0.15) is 46.5 Å². The number of aliphatic carboxylic acids is 4. The molecule has 0 aromatic heterocycles. The van der Waals surface area contributed by atoms with Crippen LogP contribution in [0, 0.1) is 5.92 Å². The van der Waals surface area contributed by atoms with Crippen LogP contribution in [0.4, 0.5) is 0 Å². The third-order valence-electron chi connectivity index (χ3n) is 10.9. The van der Waals surface area contributed by atoms with Crippen LogP contribution in [0.2, 0.25) is 0 Å². The summed E-state index contributed by atoms with van der Waals surface area (Å²) in [7, 11) is 0.228. The summed E-state index contributed by atoms with van der Waals surface area (Å²) in [5.41, 5.74) is 0. The molecule has 0 radical (unpaired) electrons. The van der Waals surface area contributed by atoms with Gasteiger partial charge in [0.1, 0.15) is 18.1 Å². The lowest BCUT2D eigenvalue weighted by Gasteiger charge is -2.35. The monoisotopic (exact) mass is 911 g/mol. The first-order valence-electron chi connectivity index (χ1n) is 21.2. The molecule has 64 heavy (non-hydrogen) atoms. The first-order valence-corrected chi connectivity index (χ1v) is 21.2. The van der Waals surface area contributed by atoms with E-state index in [2.05, 4.69) is 16.0 Å². The molecule has 25 nitrogen and oxygen atoms in total. The average Bonchev–Trinajstić information content (AvgIpc) is 3.67. The summed E-state index contributed by atoms with van der Waals surface area (Å²) in [5.74, 6) is -9.90. The number of likely N-dealkylation sites (N-methyl/N-ethyl adjacent to an activating group) is 1. The molecule has 3 heterocycles. The van der Waals surface area contributed by atoms with Gasteiger partial charge in [-0.25, -0.2) is 0 Å². The van der Waals surface area contributed by atoms with Crippen molar-refractivity contribution in [1.82, 2.24) is 45.3 Å². The first-order chi connectivity index (χ1) is 30.1. The zero-order chi connectivity index (χ0) is 47.7. The van der Waals surface area contributed by atoms with E-state index in [0.29, 0.717) is 12.8 Å². The maximum absolute atomic E-state index is 13.6. The summed E-state index contributed by atoms with van der Waals surface area (Å²) in [6, 6.07) is -3.53. The van der Waals surface area contributed by atoms with Gasteiger partial charge in [0.15, 0.2) is 0 Å². The highest BCUT2D eigenvalue weighted by molar-refractivity contribution is 6.51. The number of carbonyl (C=O) groups is 10. The third kappa shape index (κ3) is 18.0. The van der Waals surface area contributed by atoms with E-state index in [1.54, 1.807) is 25.8 Å². The van der Waals surface area contributed by atoms with Gasteiger partial charge in [0, 0.05) is 65.3 Å².